The van der Waals surface area contributed by atoms with Gasteiger partial charge >= 0.3 is 0 Å². The number of benzene rings is 3. The number of amides is 1. The highest BCUT2D eigenvalue weighted by Gasteiger charge is 2.44. The van der Waals surface area contributed by atoms with Gasteiger partial charge in [0.25, 0.3) is 0 Å². The lowest BCUT2D eigenvalue weighted by Gasteiger charge is -2.43. The molecule has 4 nitrogen and oxygen atoms in total. The van der Waals surface area contributed by atoms with Crippen molar-refractivity contribution in [2.75, 3.05) is 4.90 Å². The number of carbonyl (C=O) groups is 2. The van der Waals surface area contributed by atoms with Crippen molar-refractivity contribution in [3.05, 3.63) is 107 Å². The van der Waals surface area contributed by atoms with Gasteiger partial charge in [-0.3, -0.25) is 14.5 Å². The first-order chi connectivity index (χ1) is 16.8. The van der Waals surface area contributed by atoms with Crippen LogP contribution in [0.2, 0.25) is 0 Å². The van der Waals surface area contributed by atoms with Gasteiger partial charge < -0.3 is 4.74 Å². The summed E-state index contributed by atoms with van der Waals surface area (Å²) in [6.07, 6.45) is 1.39. The molecule has 1 heterocycles. The van der Waals surface area contributed by atoms with E-state index >= 15 is 0 Å². The molecule has 0 saturated heterocycles. The van der Waals surface area contributed by atoms with Crippen molar-refractivity contribution in [3.63, 3.8) is 0 Å². The first kappa shape index (κ1) is 23.0. The Bertz CT molecular complexity index is 1280. The van der Waals surface area contributed by atoms with Crippen molar-refractivity contribution >= 4 is 17.4 Å². The second-order valence-electron chi connectivity index (χ2n) is 10.1. The topological polar surface area (TPSA) is 46.6 Å². The number of allylic oxidation sites excluding steroid dienone is 2. The van der Waals surface area contributed by atoms with E-state index in [0.29, 0.717) is 25.2 Å². The Morgan fingerprint density at radius 1 is 0.914 bits per heavy atom. The van der Waals surface area contributed by atoms with Crippen molar-refractivity contribution < 1.29 is 18.7 Å². The van der Waals surface area contributed by atoms with E-state index < -0.39 is 0 Å². The molecule has 5 rings (SSSR count). The zero-order valence-corrected chi connectivity index (χ0v) is 20.0. The number of ketones is 1. The number of Topliss-reactive ketones (excluding diaryl/α,β-unsaturated/α-hetero) is 1. The van der Waals surface area contributed by atoms with Gasteiger partial charge in [0, 0.05) is 35.7 Å². The summed E-state index contributed by atoms with van der Waals surface area (Å²) in [7, 11) is 0. The van der Waals surface area contributed by atoms with Crippen LogP contribution >= 0.6 is 0 Å². The molecule has 1 atom stereocenters. The van der Waals surface area contributed by atoms with Crippen molar-refractivity contribution in [2.24, 2.45) is 5.41 Å². The molecule has 1 aliphatic carbocycles. The maximum absolute atomic E-state index is 13.4. The van der Waals surface area contributed by atoms with Crippen LogP contribution in [0.3, 0.4) is 0 Å². The number of anilines is 1. The van der Waals surface area contributed by atoms with E-state index in [-0.39, 0.29) is 35.3 Å². The Hall–Kier alpha value is -3.73. The average Bonchev–Trinajstić information content (AvgIpc) is 2.83. The molecule has 3 aromatic rings. The van der Waals surface area contributed by atoms with Gasteiger partial charge in [-0.2, -0.15) is 0 Å². The number of halogens is 1. The van der Waals surface area contributed by atoms with Crippen LogP contribution in [0, 0.1) is 11.2 Å². The van der Waals surface area contributed by atoms with E-state index in [9.17, 15) is 14.0 Å². The molecule has 1 aliphatic heterocycles. The third kappa shape index (κ3) is 4.76. The van der Waals surface area contributed by atoms with Crippen LogP contribution in [0.4, 0.5) is 10.1 Å². The number of para-hydroxylation sites is 1. The molecule has 35 heavy (non-hydrogen) atoms. The van der Waals surface area contributed by atoms with Gasteiger partial charge in [0.15, 0.2) is 5.78 Å². The van der Waals surface area contributed by atoms with Gasteiger partial charge in [-0.05, 0) is 59.4 Å². The smallest absolute Gasteiger partial charge is 0.232 e. The highest BCUT2D eigenvalue weighted by atomic mass is 19.1. The Morgan fingerprint density at radius 2 is 1.60 bits per heavy atom. The number of nitrogens with zero attached hydrogens (tertiary/aromatic N) is 1. The van der Waals surface area contributed by atoms with Gasteiger partial charge in [-0.1, -0.05) is 56.3 Å². The standard InChI is InChI=1S/C30H28FNO3/c1-30(2)17-26-29(27(33)18-30)25(16-28(34)32(26)23-6-4-3-5-7-23)21-10-14-24(15-11-21)35-19-20-8-12-22(31)13-9-20/h3-15,25H,16-19H2,1-2H3. The fourth-order valence-electron chi connectivity index (χ4n) is 5.12. The minimum absolute atomic E-state index is 0.00193. The molecule has 1 amide bonds. The minimum Gasteiger partial charge on any atom is -0.489 e. The molecule has 0 aromatic heterocycles. The zero-order valence-electron chi connectivity index (χ0n) is 20.0. The third-order valence-corrected chi connectivity index (χ3v) is 6.76. The van der Waals surface area contributed by atoms with Gasteiger partial charge in [0.1, 0.15) is 18.2 Å². The van der Waals surface area contributed by atoms with E-state index in [1.165, 1.54) is 12.1 Å². The fraction of sp³-hybridized carbons (Fsp3) is 0.267. The number of ether oxygens (including phenoxy) is 1. The van der Waals surface area contributed by atoms with E-state index in [1.807, 2.05) is 54.6 Å². The predicted molar refractivity (Wildman–Crippen MR) is 134 cm³/mol. The number of carbonyl (C=O) groups excluding carboxylic acids is 2. The van der Waals surface area contributed by atoms with Crippen LogP contribution in [0.25, 0.3) is 0 Å². The van der Waals surface area contributed by atoms with Crippen molar-refractivity contribution in [1.29, 1.82) is 0 Å². The maximum atomic E-state index is 13.4. The Balaban J connectivity index is 1.45. The average molecular weight is 470 g/mol. The summed E-state index contributed by atoms with van der Waals surface area (Å²) in [5, 5.41) is 0. The van der Waals surface area contributed by atoms with E-state index in [1.54, 1.807) is 17.0 Å². The summed E-state index contributed by atoms with van der Waals surface area (Å²) in [5.41, 5.74) is 3.99. The molecule has 0 saturated carbocycles. The van der Waals surface area contributed by atoms with E-state index in [4.69, 9.17) is 4.74 Å². The maximum Gasteiger partial charge on any atom is 0.232 e. The normalized spacial score (nSPS) is 19.5. The molecule has 0 radical (unpaired) electrons. The second kappa shape index (κ2) is 9.14. The van der Waals surface area contributed by atoms with Gasteiger partial charge in [0.2, 0.25) is 5.91 Å². The van der Waals surface area contributed by atoms with Crippen LogP contribution in [0.15, 0.2) is 90.1 Å². The van der Waals surface area contributed by atoms with Crippen LogP contribution in [0.1, 0.15) is 50.2 Å². The Kier molecular flexibility index (Phi) is 6.01. The lowest BCUT2D eigenvalue weighted by molar-refractivity contribution is -0.121. The number of hydrogen-bond donors (Lipinski definition) is 0. The van der Waals surface area contributed by atoms with Crippen molar-refractivity contribution in [2.45, 2.75) is 45.6 Å². The first-order valence-corrected chi connectivity index (χ1v) is 11.9. The summed E-state index contributed by atoms with van der Waals surface area (Å²) in [5.74, 6) is 0.248. The zero-order chi connectivity index (χ0) is 24.6. The molecule has 0 bridgehead atoms. The van der Waals surface area contributed by atoms with Gasteiger partial charge in [-0.25, -0.2) is 4.39 Å². The van der Waals surface area contributed by atoms with E-state index in [2.05, 4.69) is 13.8 Å². The highest BCUT2D eigenvalue weighted by molar-refractivity contribution is 6.07. The largest absolute Gasteiger partial charge is 0.489 e. The number of hydrogen-bond acceptors (Lipinski definition) is 3. The molecule has 178 valence electrons. The SMILES string of the molecule is CC1(C)CC(=O)C2=C(C1)N(c1ccccc1)C(=O)CC2c1ccc(OCc2ccc(F)cc2)cc1. The summed E-state index contributed by atoms with van der Waals surface area (Å²) >= 11 is 0. The quantitative estimate of drug-likeness (QED) is 0.425. The van der Waals surface area contributed by atoms with Gasteiger partial charge in [0.05, 0.1) is 0 Å². The van der Waals surface area contributed by atoms with Crippen LogP contribution < -0.4 is 9.64 Å². The monoisotopic (exact) mass is 469 g/mol. The van der Waals surface area contributed by atoms with Crippen molar-refractivity contribution in [1.82, 2.24) is 0 Å². The lowest BCUT2D eigenvalue weighted by atomic mass is 9.69. The summed E-state index contributed by atoms with van der Waals surface area (Å²) in [6.45, 7) is 4.49. The molecule has 0 fully saturated rings. The Morgan fingerprint density at radius 3 is 2.29 bits per heavy atom. The van der Waals surface area contributed by atoms with Gasteiger partial charge in [-0.15, -0.1) is 0 Å². The molecule has 3 aromatic carbocycles. The molecule has 0 N–H and O–H groups in total. The van der Waals surface area contributed by atoms with Crippen LogP contribution in [-0.4, -0.2) is 11.7 Å². The fourth-order valence-corrected chi connectivity index (χ4v) is 5.12. The molecule has 2 aliphatic rings. The number of rotatable bonds is 5. The minimum atomic E-state index is -0.278. The van der Waals surface area contributed by atoms with E-state index in [0.717, 1.165) is 28.1 Å². The molecular formula is C30H28FNO3. The molecule has 0 spiro atoms. The second-order valence-corrected chi connectivity index (χ2v) is 10.1. The summed E-state index contributed by atoms with van der Waals surface area (Å²) < 4.78 is 19.0. The third-order valence-electron chi connectivity index (χ3n) is 6.76. The molecular weight excluding hydrogens is 441 g/mol. The van der Waals surface area contributed by atoms with Crippen molar-refractivity contribution in [3.8, 4) is 5.75 Å². The lowest BCUT2D eigenvalue weighted by Crippen LogP contribution is -2.43. The van der Waals surface area contributed by atoms with Crippen LogP contribution in [0.5, 0.6) is 5.75 Å². The Labute approximate surface area is 205 Å². The molecule has 1 unspecified atom stereocenters. The first-order valence-electron chi connectivity index (χ1n) is 11.9. The summed E-state index contributed by atoms with van der Waals surface area (Å²) in [6, 6.07) is 23.4. The molecule has 5 heteroatoms. The summed E-state index contributed by atoms with van der Waals surface area (Å²) in [4.78, 5) is 28.6. The highest BCUT2D eigenvalue weighted by Crippen LogP contribution is 2.48. The predicted octanol–water partition coefficient (Wildman–Crippen LogP) is 6.57. The van der Waals surface area contributed by atoms with Crippen LogP contribution in [-0.2, 0) is 16.2 Å².